The van der Waals surface area contributed by atoms with Gasteiger partial charge in [-0.3, -0.25) is 9.78 Å². The first-order valence-electron chi connectivity index (χ1n) is 3.37. The Morgan fingerprint density at radius 3 is 3.08 bits per heavy atom. The van der Waals surface area contributed by atoms with Crippen LogP contribution in [0.1, 0.15) is 0 Å². The number of hydrogen-bond acceptors (Lipinski definition) is 4. The lowest BCUT2D eigenvalue weighted by atomic mass is 10.6. The van der Waals surface area contributed by atoms with E-state index in [0.717, 1.165) is 0 Å². The molecule has 1 N–H and O–H groups in total. The number of anilines is 1. The second-order valence-electron chi connectivity index (χ2n) is 2.07. The molecule has 12 heavy (non-hydrogen) atoms. The van der Waals surface area contributed by atoms with Crippen LogP contribution in [0.3, 0.4) is 0 Å². The molecule has 0 aliphatic carbocycles. The van der Waals surface area contributed by atoms with Crippen LogP contribution in [0.4, 0.5) is 5.82 Å². The maximum Gasteiger partial charge on any atom is 0.251 e. The van der Waals surface area contributed by atoms with E-state index >= 15 is 0 Å². The number of rotatable bonds is 3. The van der Waals surface area contributed by atoms with Gasteiger partial charge in [-0.25, -0.2) is 4.98 Å². The molecule has 0 saturated heterocycles. The molecule has 5 heteroatoms. The molecule has 1 aromatic rings. The molecule has 64 valence electrons. The molecular formula is C7H9N3O2. The van der Waals surface area contributed by atoms with Gasteiger partial charge in [-0.1, -0.05) is 0 Å². The van der Waals surface area contributed by atoms with Gasteiger partial charge in [0.2, 0.25) is 0 Å². The monoisotopic (exact) mass is 167 g/mol. The van der Waals surface area contributed by atoms with Crippen molar-refractivity contribution in [3.63, 3.8) is 0 Å². The van der Waals surface area contributed by atoms with Gasteiger partial charge >= 0.3 is 0 Å². The molecule has 0 atom stereocenters. The van der Waals surface area contributed by atoms with E-state index in [9.17, 15) is 4.79 Å². The zero-order valence-corrected chi connectivity index (χ0v) is 6.65. The van der Waals surface area contributed by atoms with Crippen LogP contribution in [0.5, 0.6) is 0 Å². The van der Waals surface area contributed by atoms with Gasteiger partial charge in [0.15, 0.2) is 5.82 Å². The molecule has 0 spiro atoms. The molecule has 0 radical (unpaired) electrons. The second kappa shape index (κ2) is 4.40. The fourth-order valence-corrected chi connectivity index (χ4v) is 0.674. The summed E-state index contributed by atoms with van der Waals surface area (Å²) in [6.07, 6.45) is 4.50. The Balaban J connectivity index is 2.47. The molecule has 1 amide bonds. The lowest BCUT2D eigenvalue weighted by molar-refractivity contribution is -0.119. The largest absolute Gasteiger partial charge is 0.375 e. The van der Waals surface area contributed by atoms with Gasteiger partial charge in [0, 0.05) is 19.5 Å². The van der Waals surface area contributed by atoms with Crippen molar-refractivity contribution in [1.29, 1.82) is 0 Å². The summed E-state index contributed by atoms with van der Waals surface area (Å²) in [5, 5.41) is 2.51. The van der Waals surface area contributed by atoms with Crippen molar-refractivity contribution in [3.05, 3.63) is 18.6 Å². The molecule has 0 saturated carbocycles. The number of aromatic nitrogens is 2. The second-order valence-corrected chi connectivity index (χ2v) is 2.07. The summed E-state index contributed by atoms with van der Waals surface area (Å²) < 4.78 is 4.62. The van der Waals surface area contributed by atoms with Crippen LogP contribution in [0.25, 0.3) is 0 Å². The summed E-state index contributed by atoms with van der Waals surface area (Å²) in [6, 6.07) is 0. The predicted octanol–water partition coefficient (Wildman–Crippen LogP) is 0.0615. The molecular weight excluding hydrogens is 158 g/mol. The molecule has 1 rings (SSSR count). The van der Waals surface area contributed by atoms with Gasteiger partial charge in [0.1, 0.15) is 6.61 Å². The molecule has 0 unspecified atom stereocenters. The van der Waals surface area contributed by atoms with Crippen LogP contribution in [0.2, 0.25) is 0 Å². The van der Waals surface area contributed by atoms with Crippen molar-refractivity contribution in [2.24, 2.45) is 0 Å². The van der Waals surface area contributed by atoms with Crippen LogP contribution in [0, 0.1) is 0 Å². The van der Waals surface area contributed by atoms with Crippen LogP contribution in [-0.2, 0) is 9.53 Å². The van der Waals surface area contributed by atoms with E-state index in [4.69, 9.17) is 0 Å². The quantitative estimate of drug-likeness (QED) is 0.691. The SMILES string of the molecule is COCC(=O)Nc1cnccn1. The van der Waals surface area contributed by atoms with E-state index < -0.39 is 0 Å². The van der Waals surface area contributed by atoms with Crippen molar-refractivity contribution >= 4 is 11.7 Å². The van der Waals surface area contributed by atoms with Crippen LogP contribution < -0.4 is 5.32 Å². The molecule has 0 aliphatic rings. The maximum absolute atomic E-state index is 10.9. The Bertz CT molecular complexity index is 250. The van der Waals surface area contributed by atoms with Crippen molar-refractivity contribution in [2.75, 3.05) is 19.0 Å². The molecule has 0 aliphatic heterocycles. The third-order valence-electron chi connectivity index (χ3n) is 1.11. The number of ether oxygens (including phenoxy) is 1. The highest BCUT2D eigenvalue weighted by molar-refractivity contribution is 5.90. The van der Waals surface area contributed by atoms with Gasteiger partial charge in [-0.15, -0.1) is 0 Å². The minimum absolute atomic E-state index is 0.0244. The molecule has 5 nitrogen and oxygen atoms in total. The molecule has 0 aromatic carbocycles. The fourth-order valence-electron chi connectivity index (χ4n) is 0.674. The van der Waals surface area contributed by atoms with E-state index in [-0.39, 0.29) is 12.5 Å². The number of amides is 1. The highest BCUT2D eigenvalue weighted by atomic mass is 16.5. The summed E-state index contributed by atoms with van der Waals surface area (Å²) >= 11 is 0. The van der Waals surface area contributed by atoms with Crippen molar-refractivity contribution in [1.82, 2.24) is 9.97 Å². The molecule has 0 bridgehead atoms. The lowest BCUT2D eigenvalue weighted by Gasteiger charge is -2.00. The zero-order chi connectivity index (χ0) is 8.81. The van der Waals surface area contributed by atoms with E-state index in [1.54, 1.807) is 0 Å². The third kappa shape index (κ3) is 2.63. The van der Waals surface area contributed by atoms with Crippen molar-refractivity contribution < 1.29 is 9.53 Å². The van der Waals surface area contributed by atoms with Crippen LogP contribution in [0.15, 0.2) is 18.6 Å². The predicted molar refractivity (Wildman–Crippen MR) is 42.5 cm³/mol. The molecule has 1 aromatic heterocycles. The summed E-state index contributed by atoms with van der Waals surface area (Å²) in [5.41, 5.74) is 0. The topological polar surface area (TPSA) is 64.1 Å². The average Bonchev–Trinajstić information content (AvgIpc) is 2.06. The third-order valence-corrected chi connectivity index (χ3v) is 1.11. The van der Waals surface area contributed by atoms with Crippen molar-refractivity contribution in [3.8, 4) is 0 Å². The molecule has 1 heterocycles. The summed E-state index contributed by atoms with van der Waals surface area (Å²) in [7, 11) is 1.45. The summed E-state index contributed by atoms with van der Waals surface area (Å²) in [6.45, 7) is 0.0244. The summed E-state index contributed by atoms with van der Waals surface area (Å²) in [4.78, 5) is 18.5. The Morgan fingerprint density at radius 2 is 2.50 bits per heavy atom. The van der Waals surface area contributed by atoms with Gasteiger partial charge in [-0.05, 0) is 0 Å². The van der Waals surface area contributed by atoms with Gasteiger partial charge in [0.25, 0.3) is 5.91 Å². The number of nitrogens with zero attached hydrogens (tertiary/aromatic N) is 2. The minimum Gasteiger partial charge on any atom is -0.375 e. The lowest BCUT2D eigenvalue weighted by Crippen LogP contribution is -2.17. The highest BCUT2D eigenvalue weighted by Crippen LogP contribution is 1.95. The van der Waals surface area contributed by atoms with Gasteiger partial charge in [-0.2, -0.15) is 0 Å². The molecule has 0 fully saturated rings. The van der Waals surface area contributed by atoms with Crippen LogP contribution in [-0.4, -0.2) is 29.6 Å². The van der Waals surface area contributed by atoms with E-state index in [0.29, 0.717) is 5.82 Å². The first kappa shape index (κ1) is 8.61. The zero-order valence-electron chi connectivity index (χ0n) is 6.65. The normalized spacial score (nSPS) is 9.42. The van der Waals surface area contributed by atoms with Crippen LogP contribution >= 0.6 is 0 Å². The minimum atomic E-state index is -0.238. The Morgan fingerprint density at radius 1 is 1.67 bits per heavy atom. The smallest absolute Gasteiger partial charge is 0.251 e. The fraction of sp³-hybridized carbons (Fsp3) is 0.286. The Kier molecular flexibility index (Phi) is 3.16. The first-order valence-corrected chi connectivity index (χ1v) is 3.37. The number of carbonyl (C=O) groups is 1. The number of nitrogens with one attached hydrogen (secondary N) is 1. The Hall–Kier alpha value is -1.49. The number of carbonyl (C=O) groups excluding carboxylic acids is 1. The van der Waals surface area contributed by atoms with Crippen molar-refractivity contribution in [2.45, 2.75) is 0 Å². The first-order chi connectivity index (χ1) is 5.83. The van der Waals surface area contributed by atoms with E-state index in [1.165, 1.54) is 25.7 Å². The standard InChI is InChI=1S/C7H9N3O2/c1-12-5-7(11)10-6-4-8-2-3-9-6/h2-4H,5H2,1H3,(H,9,10,11). The van der Waals surface area contributed by atoms with E-state index in [2.05, 4.69) is 20.0 Å². The Labute approximate surface area is 69.8 Å². The number of hydrogen-bond donors (Lipinski definition) is 1. The van der Waals surface area contributed by atoms with E-state index in [1.807, 2.05) is 0 Å². The summed E-state index contributed by atoms with van der Waals surface area (Å²) in [5.74, 6) is 0.192. The average molecular weight is 167 g/mol. The van der Waals surface area contributed by atoms with Gasteiger partial charge in [0.05, 0.1) is 6.20 Å². The van der Waals surface area contributed by atoms with Gasteiger partial charge < -0.3 is 10.1 Å². The maximum atomic E-state index is 10.9. The number of methoxy groups -OCH3 is 1. The highest BCUT2D eigenvalue weighted by Gasteiger charge is 2.00.